The van der Waals surface area contributed by atoms with Gasteiger partial charge >= 0.3 is 6.18 Å². The largest absolute Gasteiger partial charge is 0.433 e. The number of nitrogens with one attached hydrogen (secondary N) is 1. The molecular formula is C34H32F3N7O3. The van der Waals surface area contributed by atoms with Gasteiger partial charge < -0.3 is 14.8 Å². The van der Waals surface area contributed by atoms with Crippen LogP contribution < -0.4 is 5.32 Å². The predicted octanol–water partition coefficient (Wildman–Crippen LogP) is 5.91. The molecule has 5 aromatic rings. The number of halogens is 3. The molecule has 4 aromatic heterocycles. The van der Waals surface area contributed by atoms with Crippen LogP contribution >= 0.6 is 0 Å². The Morgan fingerprint density at radius 1 is 0.979 bits per heavy atom. The second kappa shape index (κ2) is 10.5. The number of benzene rings is 1. The van der Waals surface area contributed by atoms with E-state index in [0.29, 0.717) is 28.8 Å². The van der Waals surface area contributed by atoms with Crippen LogP contribution in [0.2, 0.25) is 0 Å². The van der Waals surface area contributed by atoms with Crippen LogP contribution in [0, 0.1) is 26.2 Å². The highest BCUT2D eigenvalue weighted by molar-refractivity contribution is 6.09. The second-order valence-electron chi connectivity index (χ2n) is 13.0. The van der Waals surface area contributed by atoms with Crippen LogP contribution in [-0.2, 0) is 22.3 Å². The van der Waals surface area contributed by atoms with Gasteiger partial charge in [0.1, 0.15) is 29.9 Å². The fraction of sp³-hybridized carbons (Fsp3) is 0.353. The Morgan fingerprint density at radius 3 is 2.47 bits per heavy atom. The molecule has 13 heteroatoms. The number of piperidine rings is 1. The average molecular weight is 644 g/mol. The topological polar surface area (TPSA) is 114 Å². The predicted molar refractivity (Wildman–Crippen MR) is 168 cm³/mol. The minimum atomic E-state index is -4.67. The maximum atomic E-state index is 14.0. The standard InChI is InChI=1S/C34H32F3N7O3/c1-17-6-8-26(34(35,36)37)39-31(17)40-32(47)25-12-33(5)13-27(33)44(25)29(46)16-42-15-24(19(3)45)23-11-22(10-18(2)30(23)42)21-7-9-28-38-20(4)41-43(28)14-21/h6-11,14-15,25,27H,12-13,16H2,1-5H3,(H,39,40,47)/t25-,27?,33-/m0/s1. The number of amides is 2. The van der Waals surface area contributed by atoms with E-state index in [4.69, 9.17) is 0 Å². The number of aryl methyl sites for hydroxylation is 3. The molecule has 0 bridgehead atoms. The number of carbonyl (C=O) groups is 3. The van der Waals surface area contributed by atoms with E-state index in [0.717, 1.165) is 40.3 Å². The summed E-state index contributed by atoms with van der Waals surface area (Å²) in [5.74, 6) is -0.579. The molecule has 2 fully saturated rings. The number of ketones is 1. The molecular weight excluding hydrogens is 611 g/mol. The molecule has 47 heavy (non-hydrogen) atoms. The summed E-state index contributed by atoms with van der Waals surface area (Å²) in [6.07, 6.45) is 0.00593. The summed E-state index contributed by atoms with van der Waals surface area (Å²) in [5.41, 5.74) is 3.54. The number of aromatic nitrogens is 5. The first-order valence-electron chi connectivity index (χ1n) is 15.3. The monoisotopic (exact) mass is 643 g/mol. The van der Waals surface area contributed by atoms with E-state index in [1.807, 2.05) is 51.2 Å². The molecule has 242 valence electrons. The van der Waals surface area contributed by atoms with Crippen LogP contribution in [0.5, 0.6) is 0 Å². The Hall–Kier alpha value is -5.07. The lowest BCUT2D eigenvalue weighted by Gasteiger charge is -2.27. The fourth-order valence-electron chi connectivity index (χ4n) is 6.99. The van der Waals surface area contributed by atoms with Crippen molar-refractivity contribution in [2.24, 2.45) is 5.41 Å². The van der Waals surface area contributed by atoms with Crippen molar-refractivity contribution in [2.75, 3.05) is 5.32 Å². The lowest BCUT2D eigenvalue weighted by molar-refractivity contribution is -0.141. The zero-order valence-corrected chi connectivity index (χ0v) is 26.4. The quantitative estimate of drug-likeness (QED) is 0.230. The molecule has 2 amide bonds. The van der Waals surface area contributed by atoms with Crippen LogP contribution in [0.15, 0.2) is 48.8 Å². The summed E-state index contributed by atoms with van der Waals surface area (Å²) in [5, 5.41) is 7.67. The van der Waals surface area contributed by atoms with E-state index in [2.05, 4.69) is 20.4 Å². The Kier molecular flexibility index (Phi) is 6.81. The normalized spacial score (nSPS) is 20.6. The van der Waals surface area contributed by atoms with E-state index < -0.39 is 23.8 Å². The van der Waals surface area contributed by atoms with Crippen molar-refractivity contribution in [1.82, 2.24) is 29.0 Å². The Morgan fingerprint density at radius 2 is 1.74 bits per heavy atom. The highest BCUT2D eigenvalue weighted by Crippen LogP contribution is 2.59. The molecule has 1 saturated heterocycles. The molecule has 0 radical (unpaired) electrons. The second-order valence-corrected chi connectivity index (χ2v) is 13.0. The smallest absolute Gasteiger partial charge is 0.337 e. The molecule has 1 aliphatic carbocycles. The van der Waals surface area contributed by atoms with Gasteiger partial charge in [0.2, 0.25) is 11.8 Å². The van der Waals surface area contributed by atoms with Gasteiger partial charge in [-0.3, -0.25) is 14.4 Å². The van der Waals surface area contributed by atoms with E-state index in [1.54, 1.807) is 27.1 Å². The zero-order valence-electron chi connectivity index (χ0n) is 26.4. The third-order valence-corrected chi connectivity index (χ3v) is 9.47. The number of hydrogen-bond acceptors (Lipinski definition) is 6. The van der Waals surface area contributed by atoms with E-state index in [1.165, 1.54) is 13.0 Å². The molecule has 10 nitrogen and oxygen atoms in total. The molecule has 1 unspecified atom stereocenters. The maximum absolute atomic E-state index is 14.0. The molecule has 7 rings (SSSR count). The number of anilines is 1. The van der Waals surface area contributed by atoms with Gasteiger partial charge in [-0.1, -0.05) is 13.0 Å². The zero-order chi connectivity index (χ0) is 33.6. The third kappa shape index (κ3) is 5.23. The lowest BCUT2D eigenvalue weighted by Crippen LogP contribution is -2.46. The van der Waals surface area contributed by atoms with E-state index >= 15 is 0 Å². The number of carbonyl (C=O) groups excluding carboxylic acids is 3. The Labute approximate surface area is 267 Å². The summed E-state index contributed by atoms with van der Waals surface area (Å²) >= 11 is 0. The minimum absolute atomic E-state index is 0.120. The number of fused-ring (bicyclic) bond motifs is 3. The van der Waals surface area contributed by atoms with E-state index in [9.17, 15) is 27.6 Å². The molecule has 1 aromatic carbocycles. The summed E-state index contributed by atoms with van der Waals surface area (Å²) in [6, 6.07) is 8.82. The van der Waals surface area contributed by atoms with Crippen molar-refractivity contribution in [1.29, 1.82) is 0 Å². The van der Waals surface area contributed by atoms with Crippen LogP contribution in [0.4, 0.5) is 19.0 Å². The maximum Gasteiger partial charge on any atom is 0.433 e. The van der Waals surface area contributed by atoms with Gasteiger partial charge in [-0.2, -0.15) is 18.3 Å². The highest BCUT2D eigenvalue weighted by Gasteiger charge is 2.64. The first-order chi connectivity index (χ1) is 22.1. The first kappa shape index (κ1) is 30.6. The van der Waals surface area contributed by atoms with Gasteiger partial charge in [0, 0.05) is 34.9 Å². The summed E-state index contributed by atoms with van der Waals surface area (Å²) in [7, 11) is 0. The van der Waals surface area contributed by atoms with Crippen LogP contribution in [-0.4, -0.2) is 58.7 Å². The molecule has 3 atom stereocenters. The summed E-state index contributed by atoms with van der Waals surface area (Å²) < 4.78 is 43.4. The van der Waals surface area contributed by atoms with Gasteiger partial charge in [-0.25, -0.2) is 14.5 Å². The Bertz CT molecular complexity index is 2150. The molecule has 1 aliphatic heterocycles. The number of alkyl halides is 3. The van der Waals surface area contributed by atoms with Crippen molar-refractivity contribution in [3.63, 3.8) is 0 Å². The Balaban J connectivity index is 1.19. The number of likely N-dealkylation sites (tertiary alicyclic amines) is 1. The van der Waals surface area contributed by atoms with Crippen LogP contribution in [0.3, 0.4) is 0 Å². The van der Waals surface area contributed by atoms with Gasteiger partial charge in [0.15, 0.2) is 11.4 Å². The molecule has 5 heterocycles. The van der Waals surface area contributed by atoms with Crippen molar-refractivity contribution in [3.05, 3.63) is 77.0 Å². The highest BCUT2D eigenvalue weighted by atomic mass is 19.4. The SMILES string of the molecule is CC(=O)c1cn(CC(=O)N2C3C[C@]3(C)C[C@H]2C(=O)Nc2nc(C(F)(F)F)ccc2C)c2c(C)cc(-c3ccc4nc(C)nn4c3)cc12. The van der Waals surface area contributed by atoms with Crippen molar-refractivity contribution < 1.29 is 27.6 Å². The molecule has 2 aliphatic rings. The summed E-state index contributed by atoms with van der Waals surface area (Å²) in [4.78, 5) is 50.0. The van der Waals surface area contributed by atoms with Crippen LogP contribution in [0.1, 0.15) is 59.7 Å². The van der Waals surface area contributed by atoms with Gasteiger partial charge in [-0.15, -0.1) is 0 Å². The minimum Gasteiger partial charge on any atom is -0.337 e. The summed E-state index contributed by atoms with van der Waals surface area (Å²) in [6.45, 7) is 8.66. The fourth-order valence-corrected chi connectivity index (χ4v) is 6.99. The average Bonchev–Trinajstić information content (AvgIpc) is 3.26. The van der Waals surface area contributed by atoms with Gasteiger partial charge in [0.05, 0.1) is 5.52 Å². The molecule has 0 spiro atoms. The van der Waals surface area contributed by atoms with E-state index in [-0.39, 0.29) is 35.5 Å². The first-order valence-corrected chi connectivity index (χ1v) is 15.3. The number of rotatable bonds is 6. The lowest BCUT2D eigenvalue weighted by atomic mass is 9.99. The van der Waals surface area contributed by atoms with Gasteiger partial charge in [0.25, 0.3) is 0 Å². The number of pyridine rings is 2. The van der Waals surface area contributed by atoms with Gasteiger partial charge in [-0.05, 0) is 93.0 Å². The number of hydrogen-bond donors (Lipinski definition) is 1. The number of Topliss-reactive ketones (excluding diaryl/α,β-unsaturated/α-hetero) is 1. The number of nitrogens with zero attached hydrogens (tertiary/aromatic N) is 6. The van der Waals surface area contributed by atoms with Crippen molar-refractivity contribution in [2.45, 2.75) is 72.3 Å². The van der Waals surface area contributed by atoms with Crippen molar-refractivity contribution >= 4 is 40.0 Å². The molecule has 1 saturated carbocycles. The third-order valence-electron chi connectivity index (χ3n) is 9.47. The molecule has 1 N–H and O–H groups in total. The van der Waals surface area contributed by atoms with Crippen LogP contribution in [0.25, 0.3) is 27.7 Å². The van der Waals surface area contributed by atoms with Crippen molar-refractivity contribution in [3.8, 4) is 11.1 Å².